The van der Waals surface area contributed by atoms with Gasteiger partial charge in [0.2, 0.25) is 5.91 Å². The van der Waals surface area contributed by atoms with Crippen LogP contribution >= 0.6 is 11.6 Å². The summed E-state index contributed by atoms with van der Waals surface area (Å²) in [4.78, 5) is 12.3. The molecule has 0 saturated carbocycles. The van der Waals surface area contributed by atoms with Crippen molar-refractivity contribution in [3.05, 3.63) is 28.8 Å². The lowest BCUT2D eigenvalue weighted by atomic mass is 9.99. The van der Waals surface area contributed by atoms with Crippen LogP contribution in [0.25, 0.3) is 0 Å². The summed E-state index contributed by atoms with van der Waals surface area (Å²) in [6.45, 7) is 3.23. The average molecular weight is 404 g/mol. The van der Waals surface area contributed by atoms with Gasteiger partial charge in [-0.25, -0.2) is 0 Å². The van der Waals surface area contributed by atoms with Crippen molar-refractivity contribution in [3.8, 4) is 5.75 Å². The maximum absolute atomic E-state index is 12.3. The molecule has 1 amide bonds. The van der Waals surface area contributed by atoms with Crippen molar-refractivity contribution in [2.45, 2.75) is 19.8 Å². The predicted octanol–water partition coefficient (Wildman–Crippen LogP) is 1.66. The molecule has 0 aliphatic carbocycles. The number of piperidine rings is 1. The fraction of sp³-hybridized carbons (Fsp3) is 0.588. The topological polar surface area (TPSA) is 79.0 Å². The number of carbonyl (C=O) groups is 1. The van der Waals surface area contributed by atoms with Crippen LogP contribution in [0.4, 0.5) is 0 Å². The molecule has 1 N–H and O–H groups in total. The molecule has 1 fully saturated rings. The molecule has 1 heterocycles. The van der Waals surface area contributed by atoms with Crippen LogP contribution in [0.1, 0.15) is 18.4 Å². The van der Waals surface area contributed by atoms with Crippen LogP contribution in [0.3, 0.4) is 0 Å². The molecule has 1 atom stereocenters. The summed E-state index contributed by atoms with van der Waals surface area (Å²) in [5.74, 6) is 0.164. The van der Waals surface area contributed by atoms with E-state index < -0.39 is 10.2 Å². The molecule has 1 saturated heterocycles. The van der Waals surface area contributed by atoms with Gasteiger partial charge in [-0.3, -0.25) is 4.79 Å². The van der Waals surface area contributed by atoms with Gasteiger partial charge in [0.1, 0.15) is 12.4 Å². The normalized spacial score (nSPS) is 18.7. The average Bonchev–Trinajstić information content (AvgIpc) is 2.61. The summed E-state index contributed by atoms with van der Waals surface area (Å²) in [6.07, 6.45) is 1.35. The van der Waals surface area contributed by atoms with E-state index in [-0.39, 0.29) is 18.4 Å². The summed E-state index contributed by atoms with van der Waals surface area (Å²) < 4.78 is 32.5. The third-order valence-electron chi connectivity index (χ3n) is 4.36. The third kappa shape index (κ3) is 5.33. The van der Waals surface area contributed by atoms with E-state index in [0.29, 0.717) is 43.3 Å². The lowest BCUT2D eigenvalue weighted by Gasteiger charge is -2.32. The first-order valence-electron chi connectivity index (χ1n) is 8.56. The van der Waals surface area contributed by atoms with Crippen molar-refractivity contribution in [3.63, 3.8) is 0 Å². The van der Waals surface area contributed by atoms with E-state index in [9.17, 15) is 13.2 Å². The Balaban J connectivity index is 1.79. The Morgan fingerprint density at radius 1 is 1.42 bits per heavy atom. The van der Waals surface area contributed by atoms with Gasteiger partial charge in [0.05, 0.1) is 12.5 Å². The van der Waals surface area contributed by atoms with Crippen molar-refractivity contribution < 1.29 is 17.9 Å². The molecule has 0 bridgehead atoms. The number of amides is 1. The number of nitrogens with zero attached hydrogens (tertiary/aromatic N) is 2. The number of hydrogen-bond donors (Lipinski definition) is 1. The molecule has 0 unspecified atom stereocenters. The van der Waals surface area contributed by atoms with Crippen molar-refractivity contribution in [2.75, 3.05) is 40.3 Å². The summed E-state index contributed by atoms with van der Waals surface area (Å²) in [5.41, 5.74) is 0.974. The largest absolute Gasteiger partial charge is 0.492 e. The van der Waals surface area contributed by atoms with Crippen LogP contribution in [0.15, 0.2) is 18.2 Å². The molecule has 7 nitrogen and oxygen atoms in total. The van der Waals surface area contributed by atoms with Crippen LogP contribution < -0.4 is 10.1 Å². The van der Waals surface area contributed by atoms with Crippen LogP contribution in [0.2, 0.25) is 5.02 Å². The molecule has 2 rings (SSSR count). The van der Waals surface area contributed by atoms with Crippen LogP contribution in [0.5, 0.6) is 5.75 Å². The first-order chi connectivity index (χ1) is 12.2. The van der Waals surface area contributed by atoms with Gasteiger partial charge in [0.15, 0.2) is 0 Å². The zero-order valence-corrected chi connectivity index (χ0v) is 16.9. The summed E-state index contributed by atoms with van der Waals surface area (Å²) in [6, 6.07) is 5.44. The zero-order chi connectivity index (χ0) is 19.3. The zero-order valence-electron chi connectivity index (χ0n) is 15.4. The summed E-state index contributed by atoms with van der Waals surface area (Å²) in [5, 5.41) is 3.45. The van der Waals surface area contributed by atoms with Crippen LogP contribution in [-0.4, -0.2) is 63.3 Å². The minimum absolute atomic E-state index is 0.144. The second-order valence-electron chi connectivity index (χ2n) is 6.54. The third-order valence-corrected chi connectivity index (χ3v) is 6.67. The molecule has 0 radical (unpaired) electrons. The van der Waals surface area contributed by atoms with Gasteiger partial charge in [0.25, 0.3) is 10.2 Å². The van der Waals surface area contributed by atoms with Crippen molar-refractivity contribution >= 4 is 27.7 Å². The number of halogens is 1. The van der Waals surface area contributed by atoms with Crippen molar-refractivity contribution in [2.24, 2.45) is 5.92 Å². The molecular weight excluding hydrogens is 378 g/mol. The molecule has 1 aliphatic heterocycles. The predicted molar refractivity (Wildman–Crippen MR) is 102 cm³/mol. The Morgan fingerprint density at radius 2 is 2.15 bits per heavy atom. The Labute approximate surface area is 160 Å². The first kappa shape index (κ1) is 21.0. The van der Waals surface area contributed by atoms with E-state index in [1.807, 2.05) is 19.1 Å². The van der Waals surface area contributed by atoms with Gasteiger partial charge in [-0.05, 0) is 37.5 Å². The molecule has 1 aromatic rings. The van der Waals surface area contributed by atoms with E-state index >= 15 is 0 Å². The van der Waals surface area contributed by atoms with Gasteiger partial charge < -0.3 is 10.1 Å². The Bertz CT molecular complexity index is 740. The second kappa shape index (κ2) is 9.03. The minimum atomic E-state index is -3.49. The maximum atomic E-state index is 12.3. The fourth-order valence-electron chi connectivity index (χ4n) is 2.75. The van der Waals surface area contributed by atoms with E-state index in [1.165, 1.54) is 22.7 Å². The quantitative estimate of drug-likeness (QED) is 0.702. The van der Waals surface area contributed by atoms with Gasteiger partial charge in [0, 0.05) is 32.2 Å². The number of benzene rings is 1. The standard InChI is InChI=1S/C17H26ClN3O4S/c1-13-6-7-15(11-16(13)18)25-10-8-19-17(22)14-5-4-9-21(12-14)26(23,24)20(2)3/h6-7,11,14H,4-5,8-10,12H2,1-3H3,(H,19,22)/t14-/m1/s1. The van der Waals surface area contributed by atoms with Gasteiger partial charge in [-0.15, -0.1) is 0 Å². The molecule has 1 aliphatic rings. The lowest BCUT2D eigenvalue weighted by Crippen LogP contribution is -2.49. The highest BCUT2D eigenvalue weighted by atomic mass is 35.5. The van der Waals surface area contributed by atoms with Crippen molar-refractivity contribution in [1.29, 1.82) is 0 Å². The Morgan fingerprint density at radius 3 is 2.81 bits per heavy atom. The summed E-state index contributed by atoms with van der Waals surface area (Å²) in [7, 11) is -0.498. The number of ether oxygens (including phenoxy) is 1. The lowest BCUT2D eigenvalue weighted by molar-refractivity contribution is -0.126. The van der Waals surface area contributed by atoms with E-state index in [1.54, 1.807) is 6.07 Å². The highest BCUT2D eigenvalue weighted by Gasteiger charge is 2.33. The highest BCUT2D eigenvalue weighted by Crippen LogP contribution is 2.22. The number of hydrogen-bond acceptors (Lipinski definition) is 4. The van der Waals surface area contributed by atoms with Crippen LogP contribution in [-0.2, 0) is 15.0 Å². The Kier molecular flexibility index (Phi) is 7.28. The fourth-order valence-corrected chi connectivity index (χ4v) is 4.11. The second-order valence-corrected chi connectivity index (χ2v) is 9.09. The molecule has 0 spiro atoms. The maximum Gasteiger partial charge on any atom is 0.281 e. The van der Waals surface area contributed by atoms with E-state index in [2.05, 4.69) is 5.32 Å². The molecule has 0 aromatic heterocycles. The van der Waals surface area contributed by atoms with E-state index in [0.717, 1.165) is 5.56 Å². The smallest absolute Gasteiger partial charge is 0.281 e. The van der Waals surface area contributed by atoms with Gasteiger partial charge >= 0.3 is 0 Å². The van der Waals surface area contributed by atoms with Gasteiger partial charge in [-0.1, -0.05) is 17.7 Å². The highest BCUT2D eigenvalue weighted by molar-refractivity contribution is 7.86. The number of aryl methyl sites for hydroxylation is 1. The number of nitrogens with one attached hydrogen (secondary N) is 1. The molecular formula is C17H26ClN3O4S. The SMILES string of the molecule is Cc1ccc(OCCNC(=O)[C@@H]2CCCN(S(=O)(=O)N(C)C)C2)cc1Cl. The first-order valence-corrected chi connectivity index (χ1v) is 10.3. The van der Waals surface area contributed by atoms with Gasteiger partial charge in [-0.2, -0.15) is 17.0 Å². The van der Waals surface area contributed by atoms with Crippen molar-refractivity contribution in [1.82, 2.24) is 13.9 Å². The molecule has 26 heavy (non-hydrogen) atoms. The minimum Gasteiger partial charge on any atom is -0.492 e. The molecule has 9 heteroatoms. The number of carbonyl (C=O) groups excluding carboxylic acids is 1. The number of rotatable bonds is 7. The monoisotopic (exact) mass is 403 g/mol. The molecule has 1 aromatic carbocycles. The Hall–Kier alpha value is -1.35. The van der Waals surface area contributed by atoms with E-state index in [4.69, 9.17) is 16.3 Å². The van der Waals surface area contributed by atoms with Crippen LogP contribution in [0, 0.1) is 12.8 Å². The molecule has 146 valence electrons. The summed E-state index contributed by atoms with van der Waals surface area (Å²) >= 11 is 6.04.